The molecule has 6 nitrogen and oxygen atoms in total. The van der Waals surface area contributed by atoms with Gasteiger partial charge in [0.1, 0.15) is 4.83 Å². The second kappa shape index (κ2) is 6.34. The summed E-state index contributed by atoms with van der Waals surface area (Å²) in [5.41, 5.74) is 4.62. The van der Waals surface area contributed by atoms with Crippen LogP contribution < -0.4 is 11.0 Å². The Hall–Kier alpha value is -2.51. The molecule has 1 aliphatic heterocycles. The van der Waals surface area contributed by atoms with Crippen LogP contribution in [-0.2, 0) is 24.8 Å². The molecule has 7 heteroatoms. The number of nitrogens with one attached hydrogen (secondary N) is 1. The van der Waals surface area contributed by atoms with E-state index in [1.807, 2.05) is 44.2 Å². The van der Waals surface area contributed by atoms with Crippen molar-refractivity contribution in [1.82, 2.24) is 9.55 Å². The average Bonchev–Trinajstić information content (AvgIpc) is 2.96. The van der Waals surface area contributed by atoms with E-state index >= 15 is 0 Å². The number of ether oxygens (including phenoxy) is 1. The van der Waals surface area contributed by atoms with Crippen LogP contribution in [0.15, 0.2) is 40.2 Å². The van der Waals surface area contributed by atoms with Crippen molar-refractivity contribution in [2.45, 2.75) is 32.5 Å². The van der Waals surface area contributed by atoms with E-state index in [0.29, 0.717) is 17.9 Å². The summed E-state index contributed by atoms with van der Waals surface area (Å²) >= 11 is 1.53. The third-order valence-electron chi connectivity index (χ3n) is 4.49. The smallest absolute Gasteiger partial charge is 0.263 e. The van der Waals surface area contributed by atoms with Crippen molar-refractivity contribution >= 4 is 33.7 Å². The molecule has 0 amide bonds. The average molecular weight is 368 g/mol. The maximum absolute atomic E-state index is 12.9. The first-order valence-electron chi connectivity index (χ1n) is 8.44. The van der Waals surface area contributed by atoms with E-state index in [2.05, 4.69) is 15.5 Å². The first-order valence-corrected chi connectivity index (χ1v) is 9.26. The molecule has 0 bridgehead atoms. The zero-order valence-corrected chi connectivity index (χ0v) is 15.8. The van der Waals surface area contributed by atoms with Crippen LogP contribution in [0.1, 0.15) is 29.9 Å². The Bertz CT molecular complexity index is 1050. The lowest BCUT2D eigenvalue weighted by Gasteiger charge is -2.29. The second-order valence-electron chi connectivity index (χ2n) is 6.99. The number of hydrogen-bond acceptors (Lipinski definition) is 6. The highest BCUT2D eigenvalue weighted by Crippen LogP contribution is 2.37. The van der Waals surface area contributed by atoms with Gasteiger partial charge in [-0.15, -0.1) is 11.3 Å². The summed E-state index contributed by atoms with van der Waals surface area (Å²) in [6.07, 6.45) is 2.42. The fourth-order valence-corrected chi connectivity index (χ4v) is 4.17. The fourth-order valence-electron chi connectivity index (χ4n) is 3.08. The fraction of sp³-hybridized carbons (Fsp3) is 0.316. The molecule has 1 N–H and O–H groups in total. The Kier molecular flexibility index (Phi) is 4.13. The number of nitrogens with zero attached hydrogens (tertiary/aromatic N) is 3. The van der Waals surface area contributed by atoms with E-state index in [1.165, 1.54) is 15.9 Å². The lowest BCUT2D eigenvalue weighted by atomic mass is 9.94. The Morgan fingerprint density at radius 3 is 2.88 bits per heavy atom. The molecular weight excluding hydrogens is 348 g/mol. The van der Waals surface area contributed by atoms with Crippen LogP contribution in [-0.4, -0.2) is 21.4 Å². The third kappa shape index (κ3) is 3.04. The maximum Gasteiger partial charge on any atom is 0.263 e. The van der Waals surface area contributed by atoms with Gasteiger partial charge in [0.25, 0.3) is 5.56 Å². The van der Waals surface area contributed by atoms with Gasteiger partial charge >= 0.3 is 0 Å². The van der Waals surface area contributed by atoms with Crippen molar-refractivity contribution in [1.29, 1.82) is 0 Å². The number of hydrogen-bond donors (Lipinski definition) is 1. The van der Waals surface area contributed by atoms with Crippen LogP contribution in [0.5, 0.6) is 0 Å². The highest BCUT2D eigenvalue weighted by atomic mass is 32.1. The van der Waals surface area contributed by atoms with Crippen molar-refractivity contribution in [2.24, 2.45) is 12.1 Å². The SMILES string of the molecule is Cn1c(NN=Cc2ccccc2)nc2sc3c(c2c1=O)CC(C)(C)OC3. The molecule has 3 aromatic rings. The molecule has 0 saturated carbocycles. The summed E-state index contributed by atoms with van der Waals surface area (Å²) in [7, 11) is 1.71. The minimum absolute atomic E-state index is 0.0531. The predicted octanol–water partition coefficient (Wildman–Crippen LogP) is 3.29. The minimum Gasteiger partial charge on any atom is -0.370 e. The quantitative estimate of drug-likeness (QED) is 0.569. The number of anilines is 1. The van der Waals surface area contributed by atoms with Crippen LogP contribution in [0.25, 0.3) is 10.2 Å². The first-order chi connectivity index (χ1) is 12.4. The zero-order valence-electron chi connectivity index (χ0n) is 14.9. The van der Waals surface area contributed by atoms with E-state index in [1.54, 1.807) is 13.3 Å². The lowest BCUT2D eigenvalue weighted by Crippen LogP contribution is -2.32. The van der Waals surface area contributed by atoms with Crippen LogP contribution in [0, 0.1) is 0 Å². The molecule has 1 aromatic carbocycles. The topological polar surface area (TPSA) is 68.5 Å². The van der Waals surface area contributed by atoms with Crippen LogP contribution in [0.2, 0.25) is 0 Å². The van der Waals surface area contributed by atoms with E-state index in [9.17, 15) is 4.79 Å². The molecule has 0 aliphatic carbocycles. The van der Waals surface area contributed by atoms with Crippen LogP contribution >= 0.6 is 11.3 Å². The molecule has 0 saturated heterocycles. The number of hydrazone groups is 1. The molecule has 134 valence electrons. The van der Waals surface area contributed by atoms with Crippen molar-refractivity contribution < 1.29 is 4.74 Å². The second-order valence-corrected chi connectivity index (χ2v) is 8.07. The summed E-state index contributed by atoms with van der Waals surface area (Å²) in [5.74, 6) is 0.424. The summed E-state index contributed by atoms with van der Waals surface area (Å²) in [5, 5.41) is 4.92. The molecule has 0 fully saturated rings. The van der Waals surface area contributed by atoms with E-state index in [-0.39, 0.29) is 11.2 Å². The largest absolute Gasteiger partial charge is 0.370 e. The van der Waals surface area contributed by atoms with Gasteiger partial charge in [-0.2, -0.15) is 5.10 Å². The van der Waals surface area contributed by atoms with Gasteiger partial charge in [0.05, 0.1) is 23.8 Å². The van der Waals surface area contributed by atoms with Gasteiger partial charge in [-0.3, -0.25) is 9.36 Å². The van der Waals surface area contributed by atoms with E-state index in [0.717, 1.165) is 27.3 Å². The van der Waals surface area contributed by atoms with Gasteiger partial charge in [0.15, 0.2) is 0 Å². The Morgan fingerprint density at radius 2 is 2.12 bits per heavy atom. The third-order valence-corrected chi connectivity index (χ3v) is 5.59. The summed E-state index contributed by atoms with van der Waals surface area (Å²) < 4.78 is 7.38. The van der Waals surface area contributed by atoms with E-state index in [4.69, 9.17) is 4.74 Å². The molecular formula is C19H20N4O2S. The van der Waals surface area contributed by atoms with Crippen LogP contribution in [0.3, 0.4) is 0 Å². The van der Waals surface area contributed by atoms with Gasteiger partial charge in [-0.1, -0.05) is 30.3 Å². The lowest BCUT2D eigenvalue weighted by molar-refractivity contribution is -0.0379. The van der Waals surface area contributed by atoms with E-state index < -0.39 is 0 Å². The van der Waals surface area contributed by atoms with Gasteiger partial charge < -0.3 is 4.74 Å². The van der Waals surface area contributed by atoms with Crippen LogP contribution in [0.4, 0.5) is 5.95 Å². The molecule has 0 radical (unpaired) electrons. The minimum atomic E-state index is -0.261. The predicted molar refractivity (Wildman–Crippen MR) is 105 cm³/mol. The maximum atomic E-state index is 12.9. The Balaban J connectivity index is 1.71. The van der Waals surface area contributed by atoms with Gasteiger partial charge in [-0.25, -0.2) is 10.4 Å². The van der Waals surface area contributed by atoms with Crippen molar-refractivity contribution in [3.8, 4) is 0 Å². The molecule has 1 aliphatic rings. The summed E-state index contributed by atoms with van der Waals surface area (Å²) in [6, 6.07) is 9.75. The van der Waals surface area contributed by atoms with Crippen molar-refractivity contribution in [3.05, 3.63) is 56.7 Å². The summed E-state index contributed by atoms with van der Waals surface area (Å²) in [6.45, 7) is 4.62. The first kappa shape index (κ1) is 16.9. The van der Waals surface area contributed by atoms with Crippen molar-refractivity contribution in [2.75, 3.05) is 5.43 Å². The van der Waals surface area contributed by atoms with Gasteiger partial charge in [-0.05, 0) is 25.0 Å². The number of thiophene rings is 1. The standard InChI is InChI=1S/C19H20N4O2S/c1-19(2)9-13-14(11-25-19)26-16-15(13)17(24)23(3)18(21-16)22-20-10-12-7-5-4-6-8-12/h4-8,10H,9,11H2,1-3H3,(H,21,22). The monoisotopic (exact) mass is 368 g/mol. The van der Waals surface area contributed by atoms with Gasteiger partial charge in [0.2, 0.25) is 5.95 Å². The highest BCUT2D eigenvalue weighted by Gasteiger charge is 2.31. The Morgan fingerprint density at radius 1 is 1.35 bits per heavy atom. The zero-order chi connectivity index (χ0) is 18.3. The molecule has 2 aromatic heterocycles. The number of benzene rings is 1. The Labute approximate surface area is 155 Å². The summed E-state index contributed by atoms with van der Waals surface area (Å²) in [4.78, 5) is 19.4. The molecule has 3 heterocycles. The highest BCUT2D eigenvalue weighted by molar-refractivity contribution is 7.18. The van der Waals surface area contributed by atoms with Crippen molar-refractivity contribution in [3.63, 3.8) is 0 Å². The number of rotatable bonds is 3. The molecule has 26 heavy (non-hydrogen) atoms. The normalized spacial score (nSPS) is 16.1. The molecule has 0 unspecified atom stereocenters. The molecule has 0 spiro atoms. The number of aromatic nitrogens is 2. The number of fused-ring (bicyclic) bond motifs is 3. The molecule has 0 atom stereocenters. The van der Waals surface area contributed by atoms with Gasteiger partial charge in [0, 0.05) is 18.3 Å². The molecule has 4 rings (SSSR count).